The summed E-state index contributed by atoms with van der Waals surface area (Å²) in [6, 6.07) is 6.97. The zero-order valence-electron chi connectivity index (χ0n) is 14.3. The SMILES string of the molecule is CC(C)(C)OC(=O)C(N)Cc1ccc(OC(C)(C)C)cc1.Cl. The lowest BCUT2D eigenvalue weighted by Crippen LogP contribution is -2.38. The van der Waals surface area contributed by atoms with Gasteiger partial charge in [0.2, 0.25) is 0 Å². The molecule has 0 aliphatic carbocycles. The second kappa shape index (κ2) is 7.84. The van der Waals surface area contributed by atoms with Crippen molar-refractivity contribution in [1.29, 1.82) is 0 Å². The van der Waals surface area contributed by atoms with Gasteiger partial charge in [-0.25, -0.2) is 0 Å². The first-order valence-corrected chi connectivity index (χ1v) is 7.23. The molecule has 0 radical (unpaired) electrons. The highest BCUT2D eigenvalue weighted by Crippen LogP contribution is 2.19. The molecule has 126 valence electrons. The largest absolute Gasteiger partial charge is 0.488 e. The number of carbonyl (C=O) groups excluding carboxylic acids is 1. The van der Waals surface area contributed by atoms with Crippen molar-refractivity contribution in [3.63, 3.8) is 0 Å². The minimum atomic E-state index is -0.654. The maximum Gasteiger partial charge on any atom is 0.323 e. The van der Waals surface area contributed by atoms with E-state index in [9.17, 15) is 4.79 Å². The van der Waals surface area contributed by atoms with E-state index in [1.54, 1.807) is 0 Å². The average molecular weight is 330 g/mol. The van der Waals surface area contributed by atoms with Crippen molar-refractivity contribution in [3.05, 3.63) is 29.8 Å². The fourth-order valence-corrected chi connectivity index (χ4v) is 1.76. The maximum absolute atomic E-state index is 11.8. The average Bonchev–Trinajstić information content (AvgIpc) is 2.27. The molecule has 0 spiro atoms. The predicted molar refractivity (Wildman–Crippen MR) is 91.6 cm³/mol. The summed E-state index contributed by atoms with van der Waals surface area (Å²) in [5, 5.41) is 0. The van der Waals surface area contributed by atoms with Gasteiger partial charge in [-0.2, -0.15) is 0 Å². The number of carbonyl (C=O) groups is 1. The number of rotatable bonds is 4. The van der Waals surface area contributed by atoms with E-state index in [2.05, 4.69) is 0 Å². The molecule has 0 amide bonds. The Morgan fingerprint density at radius 2 is 1.55 bits per heavy atom. The zero-order valence-corrected chi connectivity index (χ0v) is 15.1. The van der Waals surface area contributed by atoms with Crippen LogP contribution < -0.4 is 10.5 Å². The summed E-state index contributed by atoms with van der Waals surface area (Å²) in [6.45, 7) is 11.5. The molecule has 1 rings (SSSR count). The topological polar surface area (TPSA) is 61.5 Å². The van der Waals surface area contributed by atoms with E-state index in [4.69, 9.17) is 15.2 Å². The fourth-order valence-electron chi connectivity index (χ4n) is 1.76. The minimum absolute atomic E-state index is 0. The van der Waals surface area contributed by atoms with E-state index < -0.39 is 11.6 Å². The van der Waals surface area contributed by atoms with Crippen LogP contribution in [0, 0.1) is 0 Å². The van der Waals surface area contributed by atoms with Gasteiger partial charge in [0, 0.05) is 0 Å². The van der Waals surface area contributed by atoms with Crippen LogP contribution in [0.2, 0.25) is 0 Å². The van der Waals surface area contributed by atoms with Crippen LogP contribution in [0.5, 0.6) is 5.75 Å². The Morgan fingerprint density at radius 3 is 1.95 bits per heavy atom. The summed E-state index contributed by atoms with van der Waals surface area (Å²) in [5.74, 6) is 0.426. The third kappa shape index (κ3) is 8.25. The Labute approximate surface area is 139 Å². The standard InChI is InChI=1S/C17H27NO3.ClH/c1-16(2,3)20-13-9-7-12(8-10-13)11-14(18)15(19)21-17(4,5)6;/h7-10,14H,11,18H2,1-6H3;1H. The van der Waals surface area contributed by atoms with E-state index in [1.807, 2.05) is 65.8 Å². The Kier molecular flexibility index (Phi) is 7.39. The predicted octanol–water partition coefficient (Wildman–Crippen LogP) is 3.50. The lowest BCUT2D eigenvalue weighted by molar-refractivity contribution is -0.156. The van der Waals surface area contributed by atoms with Crippen LogP contribution in [-0.4, -0.2) is 23.2 Å². The quantitative estimate of drug-likeness (QED) is 0.859. The summed E-state index contributed by atoms with van der Waals surface area (Å²) in [6.07, 6.45) is 0.449. The Bertz CT molecular complexity index is 472. The highest BCUT2D eigenvalue weighted by atomic mass is 35.5. The first-order valence-electron chi connectivity index (χ1n) is 7.23. The number of hydrogen-bond donors (Lipinski definition) is 1. The van der Waals surface area contributed by atoms with Crippen LogP contribution >= 0.6 is 12.4 Å². The lowest BCUT2D eigenvalue weighted by atomic mass is 10.1. The second-order valence-electron chi connectivity index (χ2n) is 7.20. The van der Waals surface area contributed by atoms with Crippen molar-refractivity contribution in [2.45, 2.75) is 65.2 Å². The molecule has 1 aromatic rings. The normalized spacial score (nSPS) is 13.0. The van der Waals surface area contributed by atoms with Gasteiger partial charge < -0.3 is 15.2 Å². The minimum Gasteiger partial charge on any atom is -0.488 e. The van der Waals surface area contributed by atoms with Gasteiger partial charge in [0.25, 0.3) is 0 Å². The van der Waals surface area contributed by atoms with Crippen LogP contribution in [0.1, 0.15) is 47.1 Å². The van der Waals surface area contributed by atoms with Crippen LogP contribution in [0.4, 0.5) is 0 Å². The Balaban J connectivity index is 0.00000441. The molecule has 2 N–H and O–H groups in total. The molecule has 0 aliphatic heterocycles. The number of halogens is 1. The van der Waals surface area contributed by atoms with E-state index in [0.717, 1.165) is 11.3 Å². The first kappa shape index (κ1) is 20.7. The first-order chi connectivity index (χ1) is 9.46. The molecule has 22 heavy (non-hydrogen) atoms. The number of nitrogens with two attached hydrogens (primary N) is 1. The highest BCUT2D eigenvalue weighted by Gasteiger charge is 2.22. The number of ether oxygens (including phenoxy) is 2. The van der Waals surface area contributed by atoms with Crippen LogP contribution in [0.3, 0.4) is 0 Å². The van der Waals surface area contributed by atoms with Gasteiger partial charge in [-0.1, -0.05) is 12.1 Å². The molecule has 5 heteroatoms. The van der Waals surface area contributed by atoms with E-state index in [-0.39, 0.29) is 24.0 Å². The molecule has 0 saturated heterocycles. The monoisotopic (exact) mass is 329 g/mol. The van der Waals surface area contributed by atoms with Crippen molar-refractivity contribution in [3.8, 4) is 5.75 Å². The molecule has 0 fully saturated rings. The lowest BCUT2D eigenvalue weighted by Gasteiger charge is -2.22. The van der Waals surface area contributed by atoms with Crippen molar-refractivity contribution in [2.24, 2.45) is 5.73 Å². The maximum atomic E-state index is 11.8. The second-order valence-corrected chi connectivity index (χ2v) is 7.20. The van der Waals surface area contributed by atoms with Gasteiger partial charge in [0.05, 0.1) is 0 Å². The van der Waals surface area contributed by atoms with Gasteiger partial charge in [-0.3, -0.25) is 4.79 Å². The third-order valence-corrected chi connectivity index (χ3v) is 2.51. The van der Waals surface area contributed by atoms with Gasteiger partial charge in [-0.05, 0) is 65.7 Å². The molecular weight excluding hydrogens is 302 g/mol. The zero-order chi connectivity index (χ0) is 16.3. The van der Waals surface area contributed by atoms with Crippen molar-refractivity contribution < 1.29 is 14.3 Å². The van der Waals surface area contributed by atoms with Gasteiger partial charge >= 0.3 is 5.97 Å². The van der Waals surface area contributed by atoms with Crippen molar-refractivity contribution in [2.75, 3.05) is 0 Å². The summed E-state index contributed by atoms with van der Waals surface area (Å²) in [5.41, 5.74) is 6.13. The van der Waals surface area contributed by atoms with Gasteiger partial charge in [0.15, 0.2) is 0 Å². The molecular formula is C17H28ClNO3. The van der Waals surface area contributed by atoms with Crippen LogP contribution in [0.25, 0.3) is 0 Å². The molecule has 0 heterocycles. The van der Waals surface area contributed by atoms with Crippen LogP contribution in [-0.2, 0) is 16.0 Å². The summed E-state index contributed by atoms with van der Waals surface area (Å²) in [4.78, 5) is 11.8. The van der Waals surface area contributed by atoms with Gasteiger partial charge in [0.1, 0.15) is 23.0 Å². The summed E-state index contributed by atoms with van der Waals surface area (Å²) in [7, 11) is 0. The molecule has 1 aromatic carbocycles. The summed E-state index contributed by atoms with van der Waals surface area (Å²) >= 11 is 0. The number of benzene rings is 1. The van der Waals surface area contributed by atoms with E-state index in [1.165, 1.54) is 0 Å². The highest BCUT2D eigenvalue weighted by molar-refractivity contribution is 5.85. The van der Waals surface area contributed by atoms with Crippen LogP contribution in [0.15, 0.2) is 24.3 Å². The molecule has 0 aliphatic rings. The summed E-state index contributed by atoms with van der Waals surface area (Å²) < 4.78 is 11.0. The number of esters is 1. The molecule has 1 unspecified atom stereocenters. The third-order valence-electron chi connectivity index (χ3n) is 2.51. The van der Waals surface area contributed by atoms with Crippen molar-refractivity contribution >= 4 is 18.4 Å². The van der Waals surface area contributed by atoms with E-state index >= 15 is 0 Å². The Morgan fingerprint density at radius 1 is 1.05 bits per heavy atom. The molecule has 1 atom stereocenters. The Hall–Kier alpha value is -1.26. The van der Waals surface area contributed by atoms with Crippen molar-refractivity contribution in [1.82, 2.24) is 0 Å². The molecule has 0 saturated carbocycles. The van der Waals surface area contributed by atoms with Gasteiger partial charge in [-0.15, -0.1) is 12.4 Å². The van der Waals surface area contributed by atoms with E-state index in [0.29, 0.717) is 6.42 Å². The smallest absolute Gasteiger partial charge is 0.323 e. The fraction of sp³-hybridized carbons (Fsp3) is 0.588. The molecule has 0 bridgehead atoms. The molecule has 4 nitrogen and oxygen atoms in total. The number of hydrogen-bond acceptors (Lipinski definition) is 4. The molecule has 0 aromatic heterocycles.